The maximum atomic E-state index is 12.7. The largest absolute Gasteiger partial charge is 0.334 e. The molecular weight excluding hydrogens is 404 g/mol. The first-order chi connectivity index (χ1) is 14.2. The van der Waals surface area contributed by atoms with Gasteiger partial charge < -0.3 is 9.84 Å². The summed E-state index contributed by atoms with van der Waals surface area (Å²) < 4.78 is 31.7. The lowest BCUT2D eigenvalue weighted by Gasteiger charge is -2.18. The van der Waals surface area contributed by atoms with Gasteiger partial charge >= 0.3 is 0 Å². The number of aryl methyl sites for hydroxylation is 1. The molecule has 1 aromatic heterocycles. The van der Waals surface area contributed by atoms with Gasteiger partial charge in [0, 0.05) is 13.0 Å². The molecule has 3 rings (SSSR count). The van der Waals surface area contributed by atoms with Gasteiger partial charge in [0.25, 0.3) is 5.89 Å². The lowest BCUT2D eigenvalue weighted by atomic mass is 10.1. The van der Waals surface area contributed by atoms with Gasteiger partial charge in [-0.3, -0.25) is 4.79 Å². The first-order valence-corrected chi connectivity index (χ1v) is 10.9. The fourth-order valence-electron chi connectivity index (χ4n) is 2.83. The molecule has 0 radical (unpaired) electrons. The maximum absolute atomic E-state index is 12.7. The van der Waals surface area contributed by atoms with Gasteiger partial charge in [0.15, 0.2) is 5.82 Å². The van der Waals surface area contributed by atoms with E-state index in [0.717, 1.165) is 9.87 Å². The zero-order valence-corrected chi connectivity index (χ0v) is 18.1. The van der Waals surface area contributed by atoms with Gasteiger partial charge in [-0.1, -0.05) is 49.3 Å². The van der Waals surface area contributed by atoms with Gasteiger partial charge in [-0.25, -0.2) is 8.42 Å². The van der Waals surface area contributed by atoms with Gasteiger partial charge in [-0.2, -0.15) is 9.29 Å². The van der Waals surface area contributed by atoms with Crippen LogP contribution in [0, 0.1) is 6.92 Å². The van der Waals surface area contributed by atoms with Crippen molar-refractivity contribution in [2.24, 2.45) is 0 Å². The number of hydrogen-bond donors (Lipinski definition) is 1. The van der Waals surface area contributed by atoms with Crippen molar-refractivity contribution in [3.63, 3.8) is 0 Å². The maximum Gasteiger partial charge on any atom is 0.260 e. The Labute approximate surface area is 176 Å². The van der Waals surface area contributed by atoms with E-state index in [-0.39, 0.29) is 17.4 Å². The SMILES string of the molecule is Cc1cccc(-c2nc(C(C)C)no2)c1NC(=O)CN(C)S(=O)(=O)c1ccccc1. The summed E-state index contributed by atoms with van der Waals surface area (Å²) in [6.45, 7) is 5.41. The highest BCUT2D eigenvalue weighted by Gasteiger charge is 2.24. The molecule has 0 aliphatic rings. The standard InChI is InChI=1S/C21H24N4O4S/c1-14(2)20-23-21(29-24-20)17-12-8-9-15(3)19(17)22-18(26)13-25(4)30(27,28)16-10-6-5-7-11-16/h5-12,14H,13H2,1-4H3,(H,22,26). The molecule has 0 atom stereocenters. The number of amides is 1. The normalized spacial score (nSPS) is 11.8. The summed E-state index contributed by atoms with van der Waals surface area (Å²) in [6.07, 6.45) is 0. The van der Waals surface area contributed by atoms with E-state index in [0.29, 0.717) is 23.0 Å². The van der Waals surface area contributed by atoms with Gasteiger partial charge in [0.2, 0.25) is 15.9 Å². The van der Waals surface area contributed by atoms with Gasteiger partial charge in [-0.15, -0.1) is 0 Å². The number of nitrogens with one attached hydrogen (secondary N) is 1. The highest BCUT2D eigenvalue weighted by Crippen LogP contribution is 2.30. The fraction of sp³-hybridized carbons (Fsp3) is 0.286. The highest BCUT2D eigenvalue weighted by molar-refractivity contribution is 7.89. The fourth-order valence-corrected chi connectivity index (χ4v) is 3.98. The predicted molar refractivity (Wildman–Crippen MR) is 113 cm³/mol. The second-order valence-corrected chi connectivity index (χ2v) is 9.28. The molecule has 3 aromatic rings. The van der Waals surface area contributed by atoms with Crippen molar-refractivity contribution >= 4 is 21.6 Å². The zero-order valence-electron chi connectivity index (χ0n) is 17.3. The summed E-state index contributed by atoms with van der Waals surface area (Å²) >= 11 is 0. The van der Waals surface area contributed by atoms with E-state index in [2.05, 4.69) is 15.5 Å². The number of para-hydroxylation sites is 1. The molecule has 0 unspecified atom stereocenters. The van der Waals surface area contributed by atoms with Crippen LogP contribution in [-0.2, 0) is 14.8 Å². The number of carbonyl (C=O) groups is 1. The minimum absolute atomic E-state index is 0.0993. The van der Waals surface area contributed by atoms with Crippen molar-refractivity contribution in [3.8, 4) is 11.5 Å². The van der Waals surface area contributed by atoms with Crippen LogP contribution in [-0.4, -0.2) is 42.4 Å². The number of anilines is 1. The Bertz CT molecular complexity index is 1140. The van der Waals surface area contributed by atoms with Crippen LogP contribution in [0.3, 0.4) is 0 Å². The van der Waals surface area contributed by atoms with E-state index in [9.17, 15) is 13.2 Å². The van der Waals surface area contributed by atoms with E-state index >= 15 is 0 Å². The van der Waals surface area contributed by atoms with E-state index < -0.39 is 15.9 Å². The van der Waals surface area contributed by atoms with Gasteiger partial charge in [0.05, 0.1) is 22.7 Å². The molecular formula is C21H24N4O4S. The average Bonchev–Trinajstić information content (AvgIpc) is 3.20. The molecule has 0 aliphatic heterocycles. The molecule has 9 heteroatoms. The van der Waals surface area contributed by atoms with Crippen LogP contribution < -0.4 is 5.32 Å². The molecule has 0 saturated carbocycles. The van der Waals surface area contributed by atoms with Crippen LogP contribution in [0.5, 0.6) is 0 Å². The molecule has 0 bridgehead atoms. The summed E-state index contributed by atoms with van der Waals surface area (Å²) in [7, 11) is -2.40. The van der Waals surface area contributed by atoms with Crippen LogP contribution in [0.4, 0.5) is 5.69 Å². The number of likely N-dealkylation sites (N-methyl/N-ethyl adjacent to an activating group) is 1. The van der Waals surface area contributed by atoms with Crippen LogP contribution in [0.1, 0.15) is 31.2 Å². The highest BCUT2D eigenvalue weighted by atomic mass is 32.2. The van der Waals surface area contributed by atoms with Crippen LogP contribution in [0.2, 0.25) is 0 Å². The molecule has 0 aliphatic carbocycles. The Morgan fingerprint density at radius 1 is 1.13 bits per heavy atom. The smallest absolute Gasteiger partial charge is 0.260 e. The summed E-state index contributed by atoms with van der Waals surface area (Å²) in [6, 6.07) is 13.4. The van der Waals surface area contributed by atoms with Crippen LogP contribution in [0.15, 0.2) is 57.9 Å². The first-order valence-electron chi connectivity index (χ1n) is 9.45. The summed E-state index contributed by atoms with van der Waals surface area (Å²) in [5.41, 5.74) is 1.88. The molecule has 1 amide bonds. The molecule has 158 valence electrons. The minimum Gasteiger partial charge on any atom is -0.334 e. The Hall–Kier alpha value is -3.04. The molecule has 0 saturated heterocycles. The van der Waals surface area contributed by atoms with Crippen LogP contribution >= 0.6 is 0 Å². The monoisotopic (exact) mass is 428 g/mol. The molecule has 1 heterocycles. The topological polar surface area (TPSA) is 105 Å². The lowest BCUT2D eigenvalue weighted by Crippen LogP contribution is -2.35. The second-order valence-electron chi connectivity index (χ2n) is 7.23. The van der Waals surface area contributed by atoms with Crippen molar-refractivity contribution in [1.82, 2.24) is 14.4 Å². The van der Waals surface area contributed by atoms with Gasteiger partial charge in [0.1, 0.15) is 0 Å². The molecule has 0 fully saturated rings. The zero-order chi connectivity index (χ0) is 21.9. The third-order valence-corrected chi connectivity index (χ3v) is 6.36. The minimum atomic E-state index is -3.77. The molecule has 2 aromatic carbocycles. The number of rotatable bonds is 7. The van der Waals surface area contributed by atoms with Crippen molar-refractivity contribution < 1.29 is 17.7 Å². The summed E-state index contributed by atoms with van der Waals surface area (Å²) in [5, 5.41) is 6.77. The number of sulfonamides is 1. The molecule has 0 spiro atoms. The Kier molecular flexibility index (Phi) is 6.33. The second kappa shape index (κ2) is 8.76. The number of nitrogens with zero attached hydrogens (tertiary/aromatic N) is 3. The number of aromatic nitrogens is 2. The van der Waals surface area contributed by atoms with Crippen LogP contribution in [0.25, 0.3) is 11.5 Å². The molecule has 1 N–H and O–H groups in total. The number of benzene rings is 2. The van der Waals surface area contributed by atoms with E-state index in [1.54, 1.807) is 24.3 Å². The quantitative estimate of drug-likeness (QED) is 0.618. The predicted octanol–water partition coefficient (Wildman–Crippen LogP) is 3.43. The van der Waals surface area contributed by atoms with Crippen molar-refractivity contribution in [2.45, 2.75) is 31.6 Å². The Morgan fingerprint density at radius 3 is 2.47 bits per heavy atom. The van der Waals surface area contributed by atoms with Crippen molar-refractivity contribution in [3.05, 3.63) is 59.9 Å². The van der Waals surface area contributed by atoms with E-state index in [4.69, 9.17) is 4.52 Å². The summed E-state index contributed by atoms with van der Waals surface area (Å²) in [5.74, 6) is 0.485. The number of hydrogen-bond acceptors (Lipinski definition) is 6. The molecule has 8 nitrogen and oxygen atoms in total. The number of carbonyl (C=O) groups excluding carboxylic acids is 1. The van der Waals surface area contributed by atoms with E-state index in [1.165, 1.54) is 19.2 Å². The molecule has 30 heavy (non-hydrogen) atoms. The lowest BCUT2D eigenvalue weighted by molar-refractivity contribution is -0.116. The Morgan fingerprint density at radius 2 is 1.83 bits per heavy atom. The third-order valence-electron chi connectivity index (χ3n) is 4.54. The van der Waals surface area contributed by atoms with Crippen molar-refractivity contribution in [2.75, 3.05) is 18.9 Å². The van der Waals surface area contributed by atoms with E-state index in [1.807, 2.05) is 32.9 Å². The first kappa shape index (κ1) is 21.7. The Balaban J connectivity index is 1.81. The van der Waals surface area contributed by atoms with Gasteiger partial charge in [-0.05, 0) is 30.7 Å². The average molecular weight is 429 g/mol. The summed E-state index contributed by atoms with van der Waals surface area (Å²) in [4.78, 5) is 17.2. The van der Waals surface area contributed by atoms with Crippen molar-refractivity contribution in [1.29, 1.82) is 0 Å². The third kappa shape index (κ3) is 4.58.